The van der Waals surface area contributed by atoms with E-state index in [1.165, 1.54) is 11.8 Å². The zero-order chi connectivity index (χ0) is 22.3. The number of pyridine rings is 1. The van der Waals surface area contributed by atoms with Crippen LogP contribution in [-0.2, 0) is 4.79 Å². The van der Waals surface area contributed by atoms with Crippen LogP contribution in [0.1, 0.15) is 11.1 Å². The zero-order valence-corrected chi connectivity index (χ0v) is 18.7. The number of thioether (sulfide) groups is 1. The van der Waals surface area contributed by atoms with Gasteiger partial charge in [0.2, 0.25) is 0 Å². The van der Waals surface area contributed by atoms with Gasteiger partial charge < -0.3 is 0 Å². The fourth-order valence-electron chi connectivity index (χ4n) is 2.94. The number of carbonyl (C=O) groups excluding carboxylic acids is 1. The molecule has 0 saturated heterocycles. The first kappa shape index (κ1) is 21.7. The molecule has 7 nitrogen and oxygen atoms in total. The van der Waals surface area contributed by atoms with Gasteiger partial charge in [0.15, 0.2) is 11.0 Å². The highest BCUT2D eigenvalue weighted by Crippen LogP contribution is 2.28. The molecule has 0 atom stereocenters. The molecule has 0 saturated carbocycles. The van der Waals surface area contributed by atoms with Crippen molar-refractivity contribution in [3.63, 3.8) is 0 Å². The van der Waals surface area contributed by atoms with Crippen molar-refractivity contribution in [3.05, 3.63) is 89.2 Å². The van der Waals surface area contributed by atoms with Crippen LogP contribution in [-0.4, -0.2) is 37.6 Å². The standard InChI is InChI=1S/C23H19ClN6OS/c1-16-4-2-3-5-18(16)14-26-27-21(31)15-32-23-29-28-22(17-10-12-25-13-11-17)30(23)20-8-6-19(24)7-9-20/h2-14H,15H2,1H3,(H,27,31). The summed E-state index contributed by atoms with van der Waals surface area (Å²) in [6.07, 6.45) is 5.03. The fraction of sp³-hybridized carbons (Fsp3) is 0.0870. The quantitative estimate of drug-likeness (QED) is 0.248. The molecule has 0 spiro atoms. The lowest BCUT2D eigenvalue weighted by Crippen LogP contribution is -2.20. The minimum Gasteiger partial charge on any atom is -0.272 e. The molecule has 1 N–H and O–H groups in total. The molecule has 4 aromatic rings. The summed E-state index contributed by atoms with van der Waals surface area (Å²) < 4.78 is 1.89. The van der Waals surface area contributed by atoms with Crippen molar-refractivity contribution in [2.75, 3.05) is 5.75 Å². The van der Waals surface area contributed by atoms with Crippen LogP contribution >= 0.6 is 23.4 Å². The Morgan fingerprint density at radius 2 is 1.84 bits per heavy atom. The number of hydrogen-bond acceptors (Lipinski definition) is 6. The highest BCUT2D eigenvalue weighted by Gasteiger charge is 2.17. The second-order valence-corrected chi connectivity index (χ2v) is 8.17. The van der Waals surface area contributed by atoms with Gasteiger partial charge in [-0.2, -0.15) is 5.10 Å². The van der Waals surface area contributed by atoms with Crippen LogP contribution in [0, 0.1) is 6.92 Å². The molecule has 1 amide bonds. The Labute approximate surface area is 194 Å². The third kappa shape index (κ3) is 5.22. The maximum atomic E-state index is 12.3. The van der Waals surface area contributed by atoms with Crippen molar-refractivity contribution >= 4 is 35.5 Å². The van der Waals surface area contributed by atoms with Crippen LogP contribution in [0.15, 0.2) is 83.3 Å². The Morgan fingerprint density at radius 1 is 1.09 bits per heavy atom. The number of nitrogens with one attached hydrogen (secondary N) is 1. The molecule has 9 heteroatoms. The minimum absolute atomic E-state index is 0.132. The van der Waals surface area contributed by atoms with Gasteiger partial charge in [-0.15, -0.1) is 10.2 Å². The van der Waals surface area contributed by atoms with E-state index < -0.39 is 0 Å². The van der Waals surface area contributed by atoms with E-state index in [0.717, 1.165) is 22.4 Å². The first-order chi connectivity index (χ1) is 15.6. The van der Waals surface area contributed by atoms with E-state index in [9.17, 15) is 4.79 Å². The smallest absolute Gasteiger partial charge is 0.250 e. The molecule has 0 unspecified atom stereocenters. The van der Waals surface area contributed by atoms with E-state index in [4.69, 9.17) is 11.6 Å². The van der Waals surface area contributed by atoms with Gasteiger partial charge in [0, 0.05) is 28.7 Å². The van der Waals surface area contributed by atoms with Crippen LogP contribution in [0.4, 0.5) is 0 Å². The summed E-state index contributed by atoms with van der Waals surface area (Å²) >= 11 is 7.33. The lowest BCUT2D eigenvalue weighted by atomic mass is 10.1. The Morgan fingerprint density at radius 3 is 2.59 bits per heavy atom. The molecule has 0 aliphatic rings. The number of aromatic nitrogens is 4. The molecule has 0 aliphatic carbocycles. The first-order valence-corrected chi connectivity index (χ1v) is 11.1. The van der Waals surface area contributed by atoms with Crippen molar-refractivity contribution < 1.29 is 4.79 Å². The van der Waals surface area contributed by atoms with E-state index >= 15 is 0 Å². The van der Waals surface area contributed by atoms with Gasteiger partial charge in [-0.3, -0.25) is 14.3 Å². The number of hydrazone groups is 1. The highest BCUT2D eigenvalue weighted by molar-refractivity contribution is 7.99. The van der Waals surface area contributed by atoms with E-state index in [-0.39, 0.29) is 11.7 Å². The maximum Gasteiger partial charge on any atom is 0.250 e. The zero-order valence-electron chi connectivity index (χ0n) is 17.1. The van der Waals surface area contributed by atoms with Crippen LogP contribution in [0.3, 0.4) is 0 Å². The molecule has 0 bridgehead atoms. The monoisotopic (exact) mass is 462 g/mol. The predicted molar refractivity (Wildman–Crippen MR) is 127 cm³/mol. The molecule has 32 heavy (non-hydrogen) atoms. The molecule has 0 fully saturated rings. The van der Waals surface area contributed by atoms with Crippen molar-refractivity contribution in [1.29, 1.82) is 0 Å². The maximum absolute atomic E-state index is 12.3. The van der Waals surface area contributed by atoms with E-state index in [2.05, 4.69) is 25.7 Å². The van der Waals surface area contributed by atoms with Crippen molar-refractivity contribution in [1.82, 2.24) is 25.2 Å². The van der Waals surface area contributed by atoms with Crippen molar-refractivity contribution in [2.45, 2.75) is 12.1 Å². The van der Waals surface area contributed by atoms with Crippen LogP contribution in [0.25, 0.3) is 17.1 Å². The van der Waals surface area contributed by atoms with E-state index in [1.54, 1.807) is 30.7 Å². The molecule has 4 rings (SSSR count). The number of rotatable bonds is 7. The molecule has 160 valence electrons. The number of carbonyl (C=O) groups is 1. The van der Waals surface area contributed by atoms with E-state index in [0.29, 0.717) is 16.0 Å². The normalized spacial score (nSPS) is 11.1. The lowest BCUT2D eigenvalue weighted by molar-refractivity contribution is -0.118. The van der Waals surface area contributed by atoms with Gasteiger partial charge >= 0.3 is 0 Å². The van der Waals surface area contributed by atoms with Gasteiger partial charge in [0.1, 0.15) is 0 Å². The number of aryl methyl sites for hydroxylation is 1. The number of benzene rings is 2. The van der Waals surface area contributed by atoms with E-state index in [1.807, 2.05) is 60.0 Å². The van der Waals surface area contributed by atoms with Crippen LogP contribution < -0.4 is 5.43 Å². The van der Waals surface area contributed by atoms with Crippen molar-refractivity contribution in [3.8, 4) is 17.1 Å². The van der Waals surface area contributed by atoms with Crippen molar-refractivity contribution in [2.24, 2.45) is 5.10 Å². The minimum atomic E-state index is -0.240. The van der Waals surface area contributed by atoms with Gasteiger partial charge in [0.05, 0.1) is 12.0 Å². The summed E-state index contributed by atoms with van der Waals surface area (Å²) in [5, 5.41) is 13.9. The molecule has 0 radical (unpaired) electrons. The number of amides is 1. The summed E-state index contributed by atoms with van der Waals surface area (Å²) in [6, 6.07) is 18.9. The number of nitrogens with zero attached hydrogens (tertiary/aromatic N) is 5. The summed E-state index contributed by atoms with van der Waals surface area (Å²) in [5.74, 6) is 0.541. The number of hydrogen-bond donors (Lipinski definition) is 1. The third-order valence-electron chi connectivity index (χ3n) is 4.57. The summed E-state index contributed by atoms with van der Waals surface area (Å²) in [5.41, 5.74) is 6.29. The lowest BCUT2D eigenvalue weighted by Gasteiger charge is -2.10. The molecule has 0 aliphatic heterocycles. The Bertz CT molecular complexity index is 1240. The largest absolute Gasteiger partial charge is 0.272 e. The summed E-state index contributed by atoms with van der Waals surface area (Å²) in [6.45, 7) is 1.99. The number of halogens is 1. The van der Waals surface area contributed by atoms with Gasteiger partial charge in [-0.1, -0.05) is 47.6 Å². The molecular formula is C23H19ClN6OS. The Kier molecular flexibility index (Phi) is 6.94. The Hall–Kier alpha value is -3.49. The SMILES string of the molecule is Cc1ccccc1C=NNC(=O)CSc1nnc(-c2ccncc2)n1-c1ccc(Cl)cc1. The second kappa shape index (κ2) is 10.2. The molecular weight excluding hydrogens is 444 g/mol. The topological polar surface area (TPSA) is 85.1 Å². The second-order valence-electron chi connectivity index (χ2n) is 6.79. The highest BCUT2D eigenvalue weighted by atomic mass is 35.5. The van der Waals surface area contributed by atoms with Gasteiger partial charge in [-0.05, 0) is 54.4 Å². The van der Waals surface area contributed by atoms with Gasteiger partial charge in [-0.25, -0.2) is 5.43 Å². The molecule has 2 heterocycles. The van der Waals surface area contributed by atoms with Crippen LogP contribution in [0.5, 0.6) is 0 Å². The fourth-order valence-corrected chi connectivity index (χ4v) is 3.81. The third-order valence-corrected chi connectivity index (χ3v) is 5.75. The summed E-state index contributed by atoms with van der Waals surface area (Å²) in [4.78, 5) is 16.4. The molecule has 2 aromatic carbocycles. The van der Waals surface area contributed by atoms with Crippen LogP contribution in [0.2, 0.25) is 5.02 Å². The predicted octanol–water partition coefficient (Wildman–Crippen LogP) is 4.53. The van der Waals surface area contributed by atoms with Gasteiger partial charge in [0.25, 0.3) is 5.91 Å². The first-order valence-electron chi connectivity index (χ1n) is 9.74. The Balaban J connectivity index is 1.51. The average Bonchev–Trinajstić information content (AvgIpc) is 3.24. The summed E-state index contributed by atoms with van der Waals surface area (Å²) in [7, 11) is 0. The average molecular weight is 463 g/mol. The molecule has 2 aromatic heterocycles.